The van der Waals surface area contributed by atoms with Gasteiger partial charge in [-0.25, -0.2) is 4.79 Å². The van der Waals surface area contributed by atoms with Gasteiger partial charge in [0.15, 0.2) is 0 Å². The molecule has 1 aromatic heterocycles. The fourth-order valence-electron chi connectivity index (χ4n) is 2.61. The van der Waals surface area contributed by atoms with E-state index in [1.807, 2.05) is 0 Å². The third-order valence-corrected chi connectivity index (χ3v) is 4.00. The van der Waals surface area contributed by atoms with Crippen LogP contribution in [0.2, 0.25) is 0 Å². The maximum atomic E-state index is 12.4. The summed E-state index contributed by atoms with van der Waals surface area (Å²) in [5, 5.41) is 0.395. The Morgan fingerprint density at radius 2 is 1.54 bits per heavy atom. The van der Waals surface area contributed by atoms with Gasteiger partial charge in [-0.15, -0.1) is 0 Å². The minimum Gasteiger partial charge on any atom is -0.324 e. The molecule has 0 unspecified atom stereocenters. The van der Waals surface area contributed by atoms with Crippen LogP contribution in [0.3, 0.4) is 0 Å². The molecule has 2 amide bonds. The van der Waals surface area contributed by atoms with Crippen molar-refractivity contribution in [2.45, 2.75) is 13.8 Å². The summed E-state index contributed by atoms with van der Waals surface area (Å²) in [4.78, 5) is 54.0. The average Bonchev–Trinajstić information content (AvgIpc) is 2.78. The summed E-state index contributed by atoms with van der Waals surface area (Å²) in [6.07, 6.45) is 0. The normalized spacial score (nSPS) is 13.2. The number of rotatable bonds is 2. The molecular weight excluding hydrogens is 312 g/mol. The quantitative estimate of drug-likeness (QED) is 0.778. The van der Waals surface area contributed by atoms with Crippen LogP contribution >= 0.6 is 0 Å². The second-order valence-electron chi connectivity index (χ2n) is 5.54. The first-order valence-electron chi connectivity index (χ1n) is 7.20. The molecule has 0 radical (unpaired) electrons. The van der Waals surface area contributed by atoms with Crippen LogP contribution in [-0.4, -0.2) is 27.4 Å². The number of aryl methyl sites for hydroxylation is 2. The largest absolute Gasteiger partial charge is 0.369 e. The third-order valence-electron chi connectivity index (χ3n) is 4.00. The molecule has 0 saturated heterocycles. The molecule has 3 rings (SSSR count). The monoisotopic (exact) mass is 326 g/mol. The van der Waals surface area contributed by atoms with E-state index in [0.29, 0.717) is 16.3 Å². The molecule has 1 aliphatic rings. The second-order valence-corrected chi connectivity index (χ2v) is 5.54. The lowest BCUT2D eigenvalue weighted by molar-refractivity contribution is -0.0586. The summed E-state index contributed by atoms with van der Waals surface area (Å²) in [6.45, 7) is 3.32. The first-order chi connectivity index (χ1) is 11.3. The number of fused-ring (bicyclic) bond motifs is 1. The molecule has 0 fully saturated rings. The summed E-state index contributed by atoms with van der Waals surface area (Å²) in [5.74, 6) is -2.50. The van der Waals surface area contributed by atoms with Crippen LogP contribution in [0.4, 0.5) is 0 Å². The van der Waals surface area contributed by atoms with E-state index in [0.717, 1.165) is 0 Å². The standard InChI is InChI=1S/C17H14N2O5/c1-9-8-10(2)18(3)16(22)13(9)17(23)24-19-14(20)11-6-4-5-7-12(11)15(19)21/h4-8H,1-3H3. The molecule has 1 aromatic carbocycles. The highest BCUT2D eigenvalue weighted by molar-refractivity contribution is 6.21. The Balaban J connectivity index is 1.96. The number of amides is 2. The molecule has 0 atom stereocenters. The zero-order valence-electron chi connectivity index (χ0n) is 13.3. The summed E-state index contributed by atoms with van der Waals surface area (Å²) in [7, 11) is 1.52. The van der Waals surface area contributed by atoms with Gasteiger partial charge in [0.05, 0.1) is 11.1 Å². The van der Waals surface area contributed by atoms with Gasteiger partial charge in [-0.2, -0.15) is 0 Å². The highest BCUT2D eigenvalue weighted by Gasteiger charge is 2.39. The van der Waals surface area contributed by atoms with Crippen LogP contribution in [0, 0.1) is 13.8 Å². The fraction of sp³-hybridized carbons (Fsp3) is 0.176. The predicted octanol–water partition coefficient (Wildman–Crippen LogP) is 1.37. The number of nitrogens with zero attached hydrogens (tertiary/aromatic N) is 2. The number of carbonyl (C=O) groups is 3. The number of hydrogen-bond donors (Lipinski definition) is 0. The van der Waals surface area contributed by atoms with Crippen LogP contribution < -0.4 is 5.56 Å². The van der Waals surface area contributed by atoms with Crippen molar-refractivity contribution in [1.82, 2.24) is 9.63 Å². The van der Waals surface area contributed by atoms with E-state index in [1.165, 1.54) is 23.7 Å². The summed E-state index contributed by atoms with van der Waals surface area (Å²) in [6, 6.07) is 7.81. The number of carbonyl (C=O) groups excluding carboxylic acids is 3. The first-order valence-corrected chi connectivity index (χ1v) is 7.20. The van der Waals surface area contributed by atoms with Crippen LogP contribution in [0.25, 0.3) is 0 Å². The van der Waals surface area contributed by atoms with Crippen LogP contribution in [0.15, 0.2) is 35.1 Å². The van der Waals surface area contributed by atoms with E-state index in [2.05, 4.69) is 0 Å². The molecule has 7 heteroatoms. The third kappa shape index (κ3) is 2.21. The molecule has 2 heterocycles. The van der Waals surface area contributed by atoms with Gasteiger partial charge in [-0.1, -0.05) is 17.2 Å². The van der Waals surface area contributed by atoms with Gasteiger partial charge in [0.25, 0.3) is 17.4 Å². The van der Waals surface area contributed by atoms with E-state index in [1.54, 1.807) is 32.0 Å². The van der Waals surface area contributed by atoms with Crippen molar-refractivity contribution in [2.75, 3.05) is 0 Å². The van der Waals surface area contributed by atoms with E-state index in [4.69, 9.17) is 4.84 Å². The minimum absolute atomic E-state index is 0.156. The number of hydroxylamine groups is 2. The van der Waals surface area contributed by atoms with Crippen molar-refractivity contribution in [1.29, 1.82) is 0 Å². The minimum atomic E-state index is -1.04. The highest BCUT2D eigenvalue weighted by atomic mass is 16.7. The van der Waals surface area contributed by atoms with Gasteiger partial charge in [0.2, 0.25) is 0 Å². The van der Waals surface area contributed by atoms with Gasteiger partial charge >= 0.3 is 5.97 Å². The fourth-order valence-corrected chi connectivity index (χ4v) is 2.61. The van der Waals surface area contributed by atoms with E-state index in [9.17, 15) is 19.2 Å². The molecule has 7 nitrogen and oxygen atoms in total. The maximum Gasteiger partial charge on any atom is 0.369 e. The molecule has 2 aromatic rings. The molecule has 1 aliphatic heterocycles. The topological polar surface area (TPSA) is 85.7 Å². The predicted molar refractivity (Wildman–Crippen MR) is 83.5 cm³/mol. The molecular formula is C17H14N2O5. The van der Waals surface area contributed by atoms with Crippen molar-refractivity contribution < 1.29 is 19.2 Å². The Hall–Kier alpha value is -3.22. The van der Waals surface area contributed by atoms with E-state index in [-0.39, 0.29) is 16.7 Å². The van der Waals surface area contributed by atoms with Gasteiger partial charge in [-0.3, -0.25) is 14.4 Å². The number of aromatic nitrogens is 1. The Morgan fingerprint density at radius 1 is 1.00 bits per heavy atom. The maximum absolute atomic E-state index is 12.4. The van der Waals surface area contributed by atoms with Crippen LogP contribution in [0.1, 0.15) is 42.3 Å². The highest BCUT2D eigenvalue weighted by Crippen LogP contribution is 2.23. The summed E-state index contributed by atoms with van der Waals surface area (Å²) < 4.78 is 1.30. The molecule has 0 aliphatic carbocycles. The van der Waals surface area contributed by atoms with Crippen molar-refractivity contribution in [3.05, 3.63) is 68.6 Å². The molecule has 24 heavy (non-hydrogen) atoms. The van der Waals surface area contributed by atoms with Crippen LogP contribution in [-0.2, 0) is 11.9 Å². The molecule has 0 N–H and O–H groups in total. The van der Waals surface area contributed by atoms with Gasteiger partial charge in [0.1, 0.15) is 5.56 Å². The lowest BCUT2D eigenvalue weighted by atomic mass is 10.1. The summed E-state index contributed by atoms with van der Waals surface area (Å²) in [5.41, 5.74) is 0.647. The van der Waals surface area contributed by atoms with Crippen molar-refractivity contribution >= 4 is 17.8 Å². The van der Waals surface area contributed by atoms with E-state index >= 15 is 0 Å². The molecule has 0 bridgehead atoms. The number of hydrogen-bond acceptors (Lipinski definition) is 5. The Bertz CT molecular complexity index is 923. The lowest BCUT2D eigenvalue weighted by Gasteiger charge is -2.14. The molecule has 0 spiro atoms. The second kappa shape index (κ2) is 5.45. The first kappa shape index (κ1) is 15.7. The van der Waals surface area contributed by atoms with E-state index < -0.39 is 23.3 Å². The number of pyridine rings is 1. The number of benzene rings is 1. The summed E-state index contributed by atoms with van der Waals surface area (Å²) >= 11 is 0. The van der Waals surface area contributed by atoms with Crippen LogP contribution in [0.5, 0.6) is 0 Å². The van der Waals surface area contributed by atoms with Crippen molar-refractivity contribution in [3.8, 4) is 0 Å². The van der Waals surface area contributed by atoms with Crippen molar-refractivity contribution in [2.24, 2.45) is 7.05 Å². The Labute approximate surface area is 137 Å². The molecule has 0 saturated carbocycles. The van der Waals surface area contributed by atoms with Crippen molar-refractivity contribution in [3.63, 3.8) is 0 Å². The SMILES string of the molecule is Cc1cc(C)n(C)c(=O)c1C(=O)ON1C(=O)c2ccccc2C1=O. The van der Waals surface area contributed by atoms with Gasteiger partial charge < -0.3 is 9.40 Å². The Morgan fingerprint density at radius 3 is 2.08 bits per heavy atom. The average molecular weight is 326 g/mol. The Kier molecular flexibility index (Phi) is 3.56. The van der Waals surface area contributed by atoms with Gasteiger partial charge in [-0.05, 0) is 37.6 Å². The van der Waals surface area contributed by atoms with Gasteiger partial charge in [0, 0.05) is 12.7 Å². The zero-order chi connectivity index (χ0) is 17.6. The smallest absolute Gasteiger partial charge is 0.324 e. The lowest BCUT2D eigenvalue weighted by Crippen LogP contribution is -2.36. The number of imide groups is 1. The zero-order valence-corrected chi connectivity index (χ0v) is 13.3. The molecule has 122 valence electrons.